The number of aromatic nitrogens is 3. The van der Waals surface area contributed by atoms with Crippen molar-refractivity contribution in [3.63, 3.8) is 0 Å². The molecule has 0 unspecified atom stereocenters. The molecule has 0 amide bonds. The van der Waals surface area contributed by atoms with Gasteiger partial charge in [0, 0.05) is 11.8 Å². The molecule has 0 fully saturated rings. The molecule has 0 saturated carbocycles. The number of benzene rings is 1. The third-order valence-corrected chi connectivity index (χ3v) is 4.18. The van der Waals surface area contributed by atoms with Crippen molar-refractivity contribution in [2.75, 3.05) is 0 Å². The van der Waals surface area contributed by atoms with E-state index >= 15 is 0 Å². The van der Waals surface area contributed by atoms with Crippen LogP contribution in [0.5, 0.6) is 0 Å². The topological polar surface area (TPSA) is 54.5 Å². The number of alkyl halides is 3. The summed E-state index contributed by atoms with van der Waals surface area (Å²) in [5, 5.41) is 13.8. The Kier molecular flexibility index (Phi) is 5.02. The number of aryl methyl sites for hydroxylation is 1. The maximum Gasteiger partial charge on any atom is 0.416 e. The number of nitrogens with zero attached hydrogens (tertiary/aromatic N) is 4. The lowest BCUT2D eigenvalue weighted by atomic mass is 10.1. The number of halogens is 4. The van der Waals surface area contributed by atoms with Gasteiger partial charge in [-0.15, -0.1) is 0 Å². The average Bonchev–Trinajstić information content (AvgIpc) is 2.94. The maximum atomic E-state index is 13.0. The molecule has 0 radical (unpaired) electrons. The molecule has 0 spiro atoms. The summed E-state index contributed by atoms with van der Waals surface area (Å²) in [7, 11) is 0. The molecule has 0 aliphatic rings. The number of hydrogen-bond donors (Lipinski definition) is 0. The largest absolute Gasteiger partial charge is 0.416 e. The lowest BCUT2D eigenvalue weighted by Crippen LogP contribution is -2.06. The fraction of sp³-hybridized carbons (Fsp3) is 0.105. The number of hydrogen-bond acceptors (Lipinski definition) is 3. The van der Waals surface area contributed by atoms with Gasteiger partial charge in [-0.2, -0.15) is 23.5 Å². The van der Waals surface area contributed by atoms with Crippen LogP contribution in [0.3, 0.4) is 0 Å². The highest BCUT2D eigenvalue weighted by atomic mass is 35.5. The Hall–Kier alpha value is -3.11. The van der Waals surface area contributed by atoms with E-state index in [2.05, 4.69) is 16.2 Å². The summed E-state index contributed by atoms with van der Waals surface area (Å²) < 4.78 is 40.1. The number of pyridine rings is 1. The van der Waals surface area contributed by atoms with Gasteiger partial charge in [-0.1, -0.05) is 23.7 Å². The van der Waals surface area contributed by atoms with E-state index in [0.29, 0.717) is 17.0 Å². The molecule has 2 aromatic heterocycles. The zero-order valence-corrected chi connectivity index (χ0v) is 14.8. The normalized spacial score (nSPS) is 12.1. The van der Waals surface area contributed by atoms with E-state index in [9.17, 15) is 18.4 Å². The molecular formula is C19H12ClF3N4. The number of nitriles is 1. The minimum absolute atomic E-state index is 0.107. The van der Waals surface area contributed by atoms with Gasteiger partial charge < -0.3 is 0 Å². The van der Waals surface area contributed by atoms with Crippen LogP contribution in [0.15, 0.2) is 48.7 Å². The van der Waals surface area contributed by atoms with Gasteiger partial charge in [-0.05, 0) is 43.3 Å². The lowest BCUT2D eigenvalue weighted by molar-refractivity contribution is -0.137. The molecule has 0 N–H and O–H groups in total. The second kappa shape index (κ2) is 7.25. The van der Waals surface area contributed by atoms with Crippen LogP contribution in [0, 0.1) is 18.3 Å². The Morgan fingerprint density at radius 2 is 2.00 bits per heavy atom. The summed E-state index contributed by atoms with van der Waals surface area (Å²) in [6.45, 7) is 1.66. The SMILES string of the molecule is Cc1nn(-c2cccc(C(F)(F)F)c2)c(Cl)c1/C=C(/C#N)c1ccccn1. The summed E-state index contributed by atoms with van der Waals surface area (Å²) in [6, 6.07) is 11.9. The average molecular weight is 389 g/mol. The molecule has 2 heterocycles. The molecule has 8 heteroatoms. The first-order valence-electron chi connectivity index (χ1n) is 7.77. The van der Waals surface area contributed by atoms with E-state index in [1.807, 2.05) is 0 Å². The Bertz CT molecular complexity index is 1050. The van der Waals surface area contributed by atoms with Crippen molar-refractivity contribution >= 4 is 23.3 Å². The van der Waals surface area contributed by atoms with Crippen molar-refractivity contribution < 1.29 is 13.2 Å². The Morgan fingerprint density at radius 1 is 1.22 bits per heavy atom. The van der Waals surface area contributed by atoms with E-state index in [-0.39, 0.29) is 16.4 Å². The van der Waals surface area contributed by atoms with Gasteiger partial charge in [-0.3, -0.25) is 4.98 Å². The third kappa shape index (κ3) is 3.86. The highest BCUT2D eigenvalue weighted by Crippen LogP contribution is 2.32. The molecule has 4 nitrogen and oxygen atoms in total. The maximum absolute atomic E-state index is 13.0. The fourth-order valence-electron chi connectivity index (χ4n) is 2.49. The molecule has 136 valence electrons. The van der Waals surface area contributed by atoms with Crippen LogP contribution in [0.25, 0.3) is 17.3 Å². The predicted molar refractivity (Wildman–Crippen MR) is 96.0 cm³/mol. The van der Waals surface area contributed by atoms with E-state index < -0.39 is 11.7 Å². The minimum atomic E-state index is -4.47. The smallest absolute Gasteiger partial charge is 0.256 e. The first-order valence-corrected chi connectivity index (χ1v) is 8.15. The summed E-state index contributed by atoms with van der Waals surface area (Å²) in [5.74, 6) is 0. The molecular weight excluding hydrogens is 377 g/mol. The van der Waals surface area contributed by atoms with E-state index in [1.54, 1.807) is 31.3 Å². The zero-order chi connectivity index (χ0) is 19.6. The predicted octanol–water partition coefficient (Wildman–Crippen LogP) is 5.31. The van der Waals surface area contributed by atoms with Gasteiger partial charge in [0.1, 0.15) is 11.2 Å². The molecule has 27 heavy (non-hydrogen) atoms. The minimum Gasteiger partial charge on any atom is -0.256 e. The Labute approximate surface area is 158 Å². The fourth-order valence-corrected chi connectivity index (χ4v) is 2.82. The monoisotopic (exact) mass is 388 g/mol. The van der Waals surface area contributed by atoms with Crippen molar-refractivity contribution in [2.24, 2.45) is 0 Å². The van der Waals surface area contributed by atoms with Crippen molar-refractivity contribution in [1.82, 2.24) is 14.8 Å². The van der Waals surface area contributed by atoms with Gasteiger partial charge in [0.15, 0.2) is 0 Å². The van der Waals surface area contributed by atoms with Gasteiger partial charge in [0.2, 0.25) is 0 Å². The first kappa shape index (κ1) is 18.7. The van der Waals surface area contributed by atoms with E-state index in [0.717, 1.165) is 12.1 Å². The van der Waals surface area contributed by atoms with Crippen LogP contribution in [-0.4, -0.2) is 14.8 Å². The summed E-state index contributed by atoms with van der Waals surface area (Å²) in [6.07, 6.45) is -1.39. The van der Waals surface area contributed by atoms with Gasteiger partial charge in [0.05, 0.1) is 28.2 Å². The van der Waals surface area contributed by atoms with Crippen molar-refractivity contribution in [3.8, 4) is 11.8 Å². The van der Waals surface area contributed by atoms with Crippen LogP contribution in [0.4, 0.5) is 13.2 Å². The van der Waals surface area contributed by atoms with Gasteiger partial charge in [-0.25, -0.2) is 4.68 Å². The van der Waals surface area contributed by atoms with E-state index in [4.69, 9.17) is 11.6 Å². The van der Waals surface area contributed by atoms with Crippen LogP contribution in [0.1, 0.15) is 22.5 Å². The van der Waals surface area contributed by atoms with Crippen LogP contribution in [-0.2, 0) is 6.18 Å². The Balaban J connectivity index is 2.09. The van der Waals surface area contributed by atoms with E-state index in [1.165, 1.54) is 22.9 Å². The molecule has 3 aromatic rings. The van der Waals surface area contributed by atoms with Crippen molar-refractivity contribution in [2.45, 2.75) is 13.1 Å². The Morgan fingerprint density at radius 3 is 2.63 bits per heavy atom. The molecule has 0 saturated heterocycles. The van der Waals surface area contributed by atoms with Crippen LogP contribution >= 0.6 is 11.6 Å². The number of allylic oxidation sites excluding steroid dienone is 1. The highest BCUT2D eigenvalue weighted by Gasteiger charge is 2.30. The summed E-state index contributed by atoms with van der Waals surface area (Å²) in [4.78, 5) is 4.12. The molecule has 0 bridgehead atoms. The second-order valence-electron chi connectivity index (χ2n) is 5.63. The van der Waals surface area contributed by atoms with Gasteiger partial charge in [0.25, 0.3) is 0 Å². The molecule has 0 aliphatic heterocycles. The molecule has 0 aliphatic carbocycles. The third-order valence-electron chi connectivity index (χ3n) is 3.82. The van der Waals surface area contributed by atoms with Crippen LogP contribution < -0.4 is 0 Å². The molecule has 1 aromatic carbocycles. The lowest BCUT2D eigenvalue weighted by Gasteiger charge is -2.09. The quantitative estimate of drug-likeness (QED) is 0.571. The summed E-state index contributed by atoms with van der Waals surface area (Å²) >= 11 is 6.36. The first-order chi connectivity index (χ1) is 12.8. The molecule has 0 atom stereocenters. The van der Waals surface area contributed by atoms with Crippen molar-refractivity contribution in [3.05, 3.63) is 76.3 Å². The zero-order valence-electron chi connectivity index (χ0n) is 14.0. The standard InChI is InChI=1S/C19H12ClF3N4/c1-12-16(9-13(11-24)17-7-2-3-8-25-17)18(20)27(26-12)15-6-4-5-14(10-15)19(21,22)23/h2-10H,1H3/b13-9-. The van der Waals surface area contributed by atoms with Crippen molar-refractivity contribution in [1.29, 1.82) is 5.26 Å². The van der Waals surface area contributed by atoms with Gasteiger partial charge >= 0.3 is 6.18 Å². The second-order valence-corrected chi connectivity index (χ2v) is 5.99. The van der Waals surface area contributed by atoms with Crippen LogP contribution in [0.2, 0.25) is 5.15 Å². The highest BCUT2D eigenvalue weighted by molar-refractivity contribution is 6.31. The summed E-state index contributed by atoms with van der Waals surface area (Å²) in [5.41, 5.74) is 1.02. The molecule has 3 rings (SSSR count). The number of rotatable bonds is 3.